The van der Waals surface area contributed by atoms with Crippen molar-refractivity contribution in [2.75, 3.05) is 32.1 Å². The first-order valence-corrected chi connectivity index (χ1v) is 25.0. The number of carbonyl (C=O) groups excluding carboxylic acids is 4. The number of anilines is 1. The van der Waals surface area contributed by atoms with Gasteiger partial charge in [-0.3, -0.25) is 29.2 Å². The molecule has 5 aliphatic heterocycles. The molecule has 5 bridgehead atoms. The average Bonchev–Trinajstić information content (AvgIpc) is 3.86. The predicted octanol–water partition coefficient (Wildman–Crippen LogP) is 5.83. The van der Waals surface area contributed by atoms with Gasteiger partial charge in [-0.15, -0.1) is 0 Å². The van der Waals surface area contributed by atoms with Crippen LogP contribution < -0.4 is 26.1 Å². The zero-order valence-corrected chi connectivity index (χ0v) is 43.0. The van der Waals surface area contributed by atoms with Crippen LogP contribution in [0.5, 0.6) is 17.2 Å². The molecule has 0 aliphatic carbocycles. The highest BCUT2D eigenvalue weighted by molar-refractivity contribution is 6.19. The molecule has 17 heteroatoms. The van der Waals surface area contributed by atoms with Crippen molar-refractivity contribution in [1.82, 2.24) is 10.2 Å². The van der Waals surface area contributed by atoms with Crippen LogP contribution in [-0.2, 0) is 35.1 Å². The molecule has 2 amide bonds. The van der Waals surface area contributed by atoms with Gasteiger partial charge in [-0.25, -0.2) is 0 Å². The number of fused-ring (bicyclic) bond motifs is 13. The molecule has 1 spiro atoms. The third-order valence-corrected chi connectivity index (χ3v) is 14.7. The molecule has 1 fully saturated rings. The van der Waals surface area contributed by atoms with Crippen LogP contribution in [0.15, 0.2) is 76.5 Å². The number of esters is 1. The minimum absolute atomic E-state index is 0.00941. The zero-order valence-electron chi connectivity index (χ0n) is 43.0. The molecule has 0 radical (unpaired) electrons. The number of ketones is 1. The summed E-state index contributed by atoms with van der Waals surface area (Å²) in [4.78, 5) is 68.0. The highest BCUT2D eigenvalue weighted by Gasteiger charge is 2.50. The van der Waals surface area contributed by atoms with Crippen LogP contribution >= 0.6 is 0 Å². The van der Waals surface area contributed by atoms with Gasteiger partial charge in [-0.2, -0.15) is 0 Å². The van der Waals surface area contributed by atoms with Crippen LogP contribution in [0.4, 0.5) is 5.69 Å². The molecular formula is C55H71N5O12. The minimum atomic E-state index is -2.02. The second kappa shape index (κ2) is 21.9. The van der Waals surface area contributed by atoms with E-state index in [1.165, 1.54) is 26.4 Å². The van der Waals surface area contributed by atoms with E-state index in [0.717, 1.165) is 12.1 Å². The van der Waals surface area contributed by atoms with Crippen LogP contribution in [0, 0.1) is 36.5 Å². The van der Waals surface area contributed by atoms with Crippen LogP contribution in [0.2, 0.25) is 0 Å². The normalized spacial score (nSPS) is 29.3. The third-order valence-electron chi connectivity index (χ3n) is 14.7. The van der Waals surface area contributed by atoms with Gasteiger partial charge in [0.1, 0.15) is 28.6 Å². The van der Waals surface area contributed by atoms with E-state index < -0.39 is 88.7 Å². The Morgan fingerprint density at radius 1 is 0.917 bits per heavy atom. The maximum Gasteiger partial charge on any atom is 0.312 e. The number of amides is 2. The molecule has 3 aromatic carbocycles. The number of Topliss-reactive ketones (excluding diaryl/α,β-unsaturated/α-hetero) is 1. The number of likely N-dealkylation sites (tertiary alicyclic amines) is 1. The van der Waals surface area contributed by atoms with Crippen molar-refractivity contribution in [3.63, 3.8) is 0 Å². The molecule has 5 aliphatic rings. The van der Waals surface area contributed by atoms with Crippen molar-refractivity contribution in [3.8, 4) is 17.2 Å². The maximum atomic E-state index is 14.9. The lowest BCUT2D eigenvalue weighted by Crippen LogP contribution is -2.46. The summed E-state index contributed by atoms with van der Waals surface area (Å²) in [6.45, 7) is 18.3. The van der Waals surface area contributed by atoms with Crippen molar-refractivity contribution >= 4 is 40.0 Å². The Morgan fingerprint density at radius 3 is 2.26 bits per heavy atom. The number of hydrogen-bond donors (Lipinski definition) is 6. The first-order valence-electron chi connectivity index (χ1n) is 25.0. The molecule has 5 heterocycles. The largest absolute Gasteiger partial charge is 0.507 e. The highest BCUT2D eigenvalue weighted by Crippen LogP contribution is 2.50. The second-order valence-electron chi connectivity index (χ2n) is 20.6. The molecule has 17 nitrogen and oxygen atoms in total. The molecule has 3 aromatic rings. The number of hydrogen-bond acceptors (Lipinski definition) is 15. The van der Waals surface area contributed by atoms with E-state index in [4.69, 9.17) is 28.9 Å². The monoisotopic (exact) mass is 994 g/mol. The number of aliphatic hydroxyl groups excluding tert-OH is 2. The summed E-state index contributed by atoms with van der Waals surface area (Å²) in [5.41, 5.74) is 0.208. The number of methoxy groups -OCH3 is 1. The Bertz CT molecular complexity index is 2780. The molecule has 1 saturated heterocycles. The second-order valence-corrected chi connectivity index (χ2v) is 20.6. The Kier molecular flexibility index (Phi) is 16.3. The molecular weight excluding hydrogens is 923 g/mol. The average molecular weight is 994 g/mol. The summed E-state index contributed by atoms with van der Waals surface area (Å²) in [7, 11) is 1.44. The molecule has 8 rings (SSSR count). The van der Waals surface area contributed by atoms with Gasteiger partial charge in [-0.05, 0) is 31.4 Å². The van der Waals surface area contributed by atoms with Gasteiger partial charge in [0.05, 0.1) is 47.3 Å². The van der Waals surface area contributed by atoms with Crippen molar-refractivity contribution in [2.45, 2.75) is 130 Å². The number of ether oxygens (including phenoxy) is 4. The van der Waals surface area contributed by atoms with Crippen LogP contribution in [0.3, 0.4) is 0 Å². The summed E-state index contributed by atoms with van der Waals surface area (Å²) in [6, 6.07) is 9.36. The quantitative estimate of drug-likeness (QED) is 0.110. The SMILES string of the molecule is CO[C@H]1/C=C/OC2(C)Oc3c(C)c(O)c4c(O)c(c5c(c4c3C2=O)=NC2(CCN(CC(C)C)CC2)N=5)NC(=O)/C(C)=C\C=C\[C@H](C)[C@H](O)[C@@H](C)[C@@H](O)[C@@H](C)[C@H](OC(=O)CCC(=O)NCc2ccccc2)[C@@H]1C. The predicted molar refractivity (Wildman–Crippen MR) is 270 cm³/mol. The number of carbonyl (C=O) groups is 4. The Labute approximate surface area is 420 Å². The van der Waals surface area contributed by atoms with Crippen LogP contribution in [0.25, 0.3) is 10.8 Å². The standard InChI is InChI=1S/C55H71N5O12/c1-29(2)28-60-24-22-55(23-25-60)58-43-40-41-48(65)35(8)51-42(40)52(67)54(9,72-51)70-26-21-37(69-10)32(5)50(71-39(62)20-19-38(61)56-27-36-17-12-11-13-18-36)34(7)47(64)33(6)46(63)30(3)15-14-16-31(4)53(68)57-45(49(41)66)44(43)59-55/h11-18,21,26,29-30,32-34,37,46-47,50,63-66H,19-20,22-25,27-28H2,1-10H3,(H,56,61)(H,57,68)/b15-14+,26-21+,31-16-/t30-,32+,33+,34+,37-,46-,47+,50+,54?/m0/s1. The lowest BCUT2D eigenvalue weighted by molar-refractivity contribution is -0.164. The van der Waals surface area contributed by atoms with Crippen molar-refractivity contribution < 1.29 is 58.6 Å². The van der Waals surface area contributed by atoms with Crippen molar-refractivity contribution in [1.29, 1.82) is 0 Å². The Balaban J connectivity index is 1.28. The van der Waals surface area contributed by atoms with Gasteiger partial charge in [0.25, 0.3) is 11.7 Å². The minimum Gasteiger partial charge on any atom is -0.507 e. The molecule has 9 atom stereocenters. The highest BCUT2D eigenvalue weighted by atomic mass is 16.7. The number of benzene rings is 3. The summed E-state index contributed by atoms with van der Waals surface area (Å²) in [5.74, 6) is -7.51. The molecule has 0 aromatic heterocycles. The number of aromatic hydroxyl groups is 2. The fourth-order valence-electron chi connectivity index (χ4n) is 10.3. The van der Waals surface area contributed by atoms with Gasteiger partial charge in [0, 0.05) is 99.7 Å². The Morgan fingerprint density at radius 2 is 1.60 bits per heavy atom. The Hall–Kier alpha value is -6.14. The van der Waals surface area contributed by atoms with Gasteiger partial charge >= 0.3 is 11.8 Å². The molecule has 0 saturated carbocycles. The summed E-state index contributed by atoms with van der Waals surface area (Å²) in [5, 5.41) is 53.7. The van der Waals surface area contributed by atoms with Crippen molar-refractivity contribution in [2.24, 2.45) is 39.6 Å². The molecule has 72 heavy (non-hydrogen) atoms. The van der Waals surface area contributed by atoms with Gasteiger partial charge in [0.15, 0.2) is 11.4 Å². The number of aliphatic hydroxyl groups is 2. The van der Waals surface area contributed by atoms with E-state index in [1.807, 2.05) is 30.3 Å². The maximum absolute atomic E-state index is 14.9. The van der Waals surface area contributed by atoms with Gasteiger partial charge in [-0.1, -0.05) is 90.1 Å². The van der Waals surface area contributed by atoms with Gasteiger partial charge < -0.3 is 54.9 Å². The van der Waals surface area contributed by atoms with Crippen LogP contribution in [-0.4, -0.2) is 112 Å². The lowest BCUT2D eigenvalue weighted by Gasteiger charge is -2.38. The lowest BCUT2D eigenvalue weighted by atomic mass is 9.78. The van der Waals surface area contributed by atoms with E-state index in [2.05, 4.69) is 29.4 Å². The number of phenolic OH excluding ortho intramolecular Hbond substituents is 2. The van der Waals surface area contributed by atoms with E-state index in [9.17, 15) is 39.6 Å². The smallest absolute Gasteiger partial charge is 0.312 e. The number of nitrogens with zero attached hydrogens (tertiary/aromatic N) is 3. The summed E-state index contributed by atoms with van der Waals surface area (Å²) >= 11 is 0. The van der Waals surface area contributed by atoms with Gasteiger partial charge in [0.2, 0.25) is 5.91 Å². The number of piperidine rings is 1. The van der Waals surface area contributed by atoms with E-state index >= 15 is 0 Å². The fraction of sp³-hybridized carbons (Fsp3) is 0.527. The van der Waals surface area contributed by atoms with E-state index in [1.54, 1.807) is 59.8 Å². The summed E-state index contributed by atoms with van der Waals surface area (Å²) in [6.07, 6.45) is 4.06. The molecule has 6 N–H and O–H groups in total. The zero-order chi connectivity index (χ0) is 52.4. The molecule has 388 valence electrons. The van der Waals surface area contributed by atoms with E-state index in [0.29, 0.717) is 31.8 Å². The number of phenols is 2. The summed E-state index contributed by atoms with van der Waals surface area (Å²) < 4.78 is 24.6. The van der Waals surface area contributed by atoms with Crippen LogP contribution in [0.1, 0.15) is 103 Å². The first-order chi connectivity index (χ1) is 34.1. The molecule has 1 unspecified atom stereocenters. The number of rotatable bonds is 9. The fourth-order valence-corrected chi connectivity index (χ4v) is 10.3. The van der Waals surface area contributed by atoms with Crippen molar-refractivity contribution in [3.05, 3.63) is 93.9 Å². The third kappa shape index (κ3) is 10.9. The number of allylic oxidation sites excluding steroid dienone is 2. The van der Waals surface area contributed by atoms with E-state index in [-0.39, 0.29) is 74.9 Å². The topological polar surface area (TPSA) is 238 Å². The first kappa shape index (κ1) is 53.7. The number of nitrogens with one attached hydrogen (secondary N) is 2.